The van der Waals surface area contributed by atoms with Crippen LogP contribution in [0.25, 0.3) is 11.8 Å². The summed E-state index contributed by atoms with van der Waals surface area (Å²) in [6.45, 7) is 5.27. The van der Waals surface area contributed by atoms with E-state index in [0.717, 1.165) is 48.0 Å². The molecule has 1 aromatic heterocycles. The average Bonchev–Trinajstić information content (AvgIpc) is 3.33. The van der Waals surface area contributed by atoms with Gasteiger partial charge in [0.2, 0.25) is 11.7 Å². The fraction of sp³-hybridized carbons (Fsp3) is 0.350. The van der Waals surface area contributed by atoms with Gasteiger partial charge in [0.15, 0.2) is 0 Å². The number of hydrogen-bond acceptors (Lipinski definition) is 4. The molecule has 1 saturated heterocycles. The van der Waals surface area contributed by atoms with Crippen LogP contribution in [0.1, 0.15) is 31.0 Å². The second kappa shape index (κ2) is 6.41. The summed E-state index contributed by atoms with van der Waals surface area (Å²) < 4.78 is 19.6. The number of ether oxygens (including phenoxy) is 3. The fourth-order valence-corrected chi connectivity index (χ4v) is 3.25. The highest BCUT2D eigenvalue weighted by Gasteiger charge is 2.38. The lowest BCUT2D eigenvalue weighted by atomic mass is 10.2. The molecule has 25 heavy (non-hydrogen) atoms. The van der Waals surface area contributed by atoms with E-state index in [1.165, 1.54) is 0 Å². The molecule has 0 bridgehead atoms. The molecule has 2 aliphatic rings. The van der Waals surface area contributed by atoms with Gasteiger partial charge in [-0.05, 0) is 50.6 Å². The Labute approximate surface area is 147 Å². The maximum atomic E-state index is 6.05. The first kappa shape index (κ1) is 16.0. The topological polar surface area (TPSA) is 45.5 Å². The van der Waals surface area contributed by atoms with Crippen molar-refractivity contribution in [3.8, 4) is 11.6 Å². The summed E-state index contributed by atoms with van der Waals surface area (Å²) in [6.07, 6.45) is 7.87. The monoisotopic (exact) mass is 338 g/mol. The summed E-state index contributed by atoms with van der Waals surface area (Å²) >= 11 is 0. The van der Waals surface area contributed by atoms with Crippen LogP contribution in [-0.4, -0.2) is 28.8 Å². The van der Waals surface area contributed by atoms with Gasteiger partial charge >= 0.3 is 0 Å². The third-order valence-corrected chi connectivity index (χ3v) is 4.44. The minimum absolute atomic E-state index is 0.567. The Kier molecular flexibility index (Phi) is 4.09. The van der Waals surface area contributed by atoms with Crippen molar-refractivity contribution in [1.82, 2.24) is 9.78 Å². The maximum absolute atomic E-state index is 6.05. The van der Waals surface area contributed by atoms with E-state index in [1.807, 2.05) is 67.1 Å². The first-order valence-corrected chi connectivity index (χ1v) is 8.72. The predicted octanol–water partition coefficient (Wildman–Crippen LogP) is 4.01. The Balaban J connectivity index is 1.71. The van der Waals surface area contributed by atoms with Gasteiger partial charge in [0.05, 0.1) is 30.2 Å². The fourth-order valence-electron chi connectivity index (χ4n) is 3.25. The van der Waals surface area contributed by atoms with E-state index in [4.69, 9.17) is 14.2 Å². The molecule has 0 radical (unpaired) electrons. The van der Waals surface area contributed by atoms with Gasteiger partial charge in [-0.25, -0.2) is 4.68 Å². The average molecular weight is 338 g/mol. The van der Waals surface area contributed by atoms with Gasteiger partial charge in [-0.15, -0.1) is 0 Å². The lowest BCUT2D eigenvalue weighted by Gasteiger charge is -2.20. The molecule has 3 heterocycles. The minimum atomic E-state index is -0.569. The van der Waals surface area contributed by atoms with Crippen LogP contribution in [0.5, 0.6) is 5.88 Å². The van der Waals surface area contributed by atoms with Crippen LogP contribution in [0.3, 0.4) is 0 Å². The predicted molar refractivity (Wildman–Crippen MR) is 95.6 cm³/mol. The van der Waals surface area contributed by atoms with Crippen LogP contribution < -0.4 is 4.74 Å². The van der Waals surface area contributed by atoms with Gasteiger partial charge in [-0.2, -0.15) is 5.10 Å². The Hall–Kier alpha value is -2.53. The first-order valence-electron chi connectivity index (χ1n) is 8.72. The number of aromatic nitrogens is 2. The van der Waals surface area contributed by atoms with Crippen LogP contribution in [0.4, 0.5) is 0 Å². The number of nitrogens with zero attached hydrogens (tertiary/aromatic N) is 2. The van der Waals surface area contributed by atoms with Gasteiger partial charge < -0.3 is 14.2 Å². The molecule has 1 fully saturated rings. The van der Waals surface area contributed by atoms with Gasteiger partial charge in [-0.1, -0.05) is 18.2 Å². The Morgan fingerprint density at radius 1 is 1.32 bits per heavy atom. The summed E-state index contributed by atoms with van der Waals surface area (Å²) in [5, 5.41) is 4.67. The molecule has 1 spiro atoms. The number of allylic oxidation sites excluding steroid dienone is 1. The van der Waals surface area contributed by atoms with Crippen molar-refractivity contribution in [3.05, 3.63) is 59.5 Å². The van der Waals surface area contributed by atoms with E-state index in [0.29, 0.717) is 6.61 Å². The molecule has 2 aliphatic heterocycles. The van der Waals surface area contributed by atoms with Crippen LogP contribution in [-0.2, 0) is 9.47 Å². The molecule has 130 valence electrons. The van der Waals surface area contributed by atoms with Crippen molar-refractivity contribution in [2.75, 3.05) is 13.2 Å². The van der Waals surface area contributed by atoms with Crippen molar-refractivity contribution in [2.45, 2.75) is 32.5 Å². The molecule has 4 rings (SSSR count). The normalized spacial score (nSPS) is 23.5. The summed E-state index contributed by atoms with van der Waals surface area (Å²) in [7, 11) is 0. The zero-order valence-corrected chi connectivity index (χ0v) is 14.6. The molecular formula is C20H22N2O3. The maximum Gasteiger partial charge on any atom is 0.230 e. The molecule has 0 N–H and O–H groups in total. The van der Waals surface area contributed by atoms with Gasteiger partial charge in [0.25, 0.3) is 0 Å². The van der Waals surface area contributed by atoms with Crippen LogP contribution in [0, 0.1) is 6.92 Å². The highest BCUT2D eigenvalue weighted by atomic mass is 16.7. The zero-order valence-electron chi connectivity index (χ0n) is 14.6. The van der Waals surface area contributed by atoms with E-state index >= 15 is 0 Å². The quantitative estimate of drug-likeness (QED) is 0.845. The van der Waals surface area contributed by atoms with Gasteiger partial charge in [0.1, 0.15) is 5.76 Å². The van der Waals surface area contributed by atoms with Crippen molar-refractivity contribution in [3.63, 3.8) is 0 Å². The lowest BCUT2D eigenvalue weighted by Crippen LogP contribution is -2.24. The highest BCUT2D eigenvalue weighted by molar-refractivity contribution is 5.63. The third-order valence-electron chi connectivity index (χ3n) is 4.44. The Morgan fingerprint density at radius 3 is 2.88 bits per heavy atom. The summed E-state index contributed by atoms with van der Waals surface area (Å²) in [5.74, 6) is 0.934. The van der Waals surface area contributed by atoms with Crippen molar-refractivity contribution in [1.29, 1.82) is 0 Å². The number of aryl methyl sites for hydroxylation is 1. The van der Waals surface area contributed by atoms with Crippen molar-refractivity contribution >= 4 is 6.08 Å². The van der Waals surface area contributed by atoms with E-state index in [-0.39, 0.29) is 0 Å². The second-order valence-electron chi connectivity index (χ2n) is 6.23. The van der Waals surface area contributed by atoms with E-state index in [2.05, 4.69) is 5.10 Å². The molecule has 0 saturated carbocycles. The van der Waals surface area contributed by atoms with E-state index in [1.54, 1.807) is 0 Å². The van der Waals surface area contributed by atoms with E-state index in [9.17, 15) is 0 Å². The standard InChI is InChI=1S/C20H22N2O3/c1-3-23-19-18(14-17-10-12-20(25-17)11-7-13-24-20)15(2)21-22(19)16-8-5-4-6-9-16/h4-6,8-10,12,14H,3,7,11,13H2,1-2H3/b17-14-. The summed E-state index contributed by atoms with van der Waals surface area (Å²) in [6, 6.07) is 9.99. The van der Waals surface area contributed by atoms with Crippen LogP contribution >= 0.6 is 0 Å². The number of rotatable bonds is 4. The number of hydrogen-bond donors (Lipinski definition) is 0. The molecule has 0 aliphatic carbocycles. The molecular weight excluding hydrogens is 316 g/mol. The number of para-hydroxylation sites is 1. The first-order chi connectivity index (χ1) is 12.2. The van der Waals surface area contributed by atoms with Crippen LogP contribution in [0.2, 0.25) is 0 Å². The van der Waals surface area contributed by atoms with E-state index < -0.39 is 5.79 Å². The van der Waals surface area contributed by atoms with Crippen LogP contribution in [0.15, 0.2) is 48.2 Å². The third kappa shape index (κ3) is 2.96. The summed E-state index contributed by atoms with van der Waals surface area (Å²) in [5.41, 5.74) is 2.79. The lowest BCUT2D eigenvalue weighted by molar-refractivity contribution is -0.135. The Bertz CT molecular complexity index is 815. The SMILES string of the molecule is CCOc1c(/C=C2/C=CC3(CCCO3)O2)c(C)nn1-c1ccccc1. The van der Waals surface area contributed by atoms with Gasteiger partial charge in [-0.3, -0.25) is 0 Å². The largest absolute Gasteiger partial charge is 0.477 e. The smallest absolute Gasteiger partial charge is 0.230 e. The molecule has 1 aromatic carbocycles. The zero-order chi connectivity index (χ0) is 17.3. The molecule has 2 aromatic rings. The van der Waals surface area contributed by atoms with Crippen molar-refractivity contribution in [2.24, 2.45) is 0 Å². The molecule has 1 atom stereocenters. The highest BCUT2D eigenvalue weighted by Crippen LogP contribution is 2.38. The van der Waals surface area contributed by atoms with Crippen molar-refractivity contribution < 1.29 is 14.2 Å². The molecule has 1 unspecified atom stereocenters. The number of benzene rings is 1. The second-order valence-corrected chi connectivity index (χ2v) is 6.23. The molecule has 5 nitrogen and oxygen atoms in total. The minimum Gasteiger partial charge on any atom is -0.477 e. The molecule has 0 amide bonds. The Morgan fingerprint density at radius 2 is 2.16 bits per heavy atom. The molecule has 5 heteroatoms. The van der Waals surface area contributed by atoms with Gasteiger partial charge in [0, 0.05) is 6.42 Å². The summed E-state index contributed by atoms with van der Waals surface area (Å²) in [4.78, 5) is 0.